The van der Waals surface area contributed by atoms with Gasteiger partial charge in [0.2, 0.25) is 0 Å². The number of amides is 2. The van der Waals surface area contributed by atoms with Gasteiger partial charge in [0.25, 0.3) is 0 Å². The third-order valence-electron chi connectivity index (χ3n) is 3.46. The van der Waals surface area contributed by atoms with Crippen LogP contribution in [-0.2, 0) is 4.74 Å². The summed E-state index contributed by atoms with van der Waals surface area (Å²) in [4.78, 5) is 11.7. The summed E-state index contributed by atoms with van der Waals surface area (Å²) in [5.41, 5.74) is 1.27. The highest BCUT2D eigenvalue weighted by Gasteiger charge is 2.39. The van der Waals surface area contributed by atoms with Crippen LogP contribution in [0.3, 0.4) is 0 Å². The summed E-state index contributed by atoms with van der Waals surface area (Å²) in [5, 5.41) is 15.1. The molecule has 1 aliphatic rings. The molecule has 0 bridgehead atoms. The van der Waals surface area contributed by atoms with Crippen LogP contribution in [0.15, 0.2) is 30.3 Å². The summed E-state index contributed by atoms with van der Waals surface area (Å²) in [6.07, 6.45) is 0.955. The molecule has 20 heavy (non-hydrogen) atoms. The Morgan fingerprint density at radius 1 is 1.45 bits per heavy atom. The predicted octanol–water partition coefficient (Wildman–Crippen LogP) is 1.24. The summed E-state index contributed by atoms with van der Waals surface area (Å²) in [6, 6.07) is 10.3. The normalized spacial score (nSPS) is 22.1. The van der Waals surface area contributed by atoms with E-state index in [9.17, 15) is 9.90 Å². The molecule has 0 aliphatic heterocycles. The monoisotopic (exact) mass is 278 g/mol. The van der Waals surface area contributed by atoms with Crippen LogP contribution in [0.2, 0.25) is 0 Å². The van der Waals surface area contributed by atoms with E-state index >= 15 is 0 Å². The minimum absolute atomic E-state index is 0.168. The Kier molecular flexibility index (Phi) is 5.38. The molecule has 0 radical (unpaired) electrons. The quantitative estimate of drug-likeness (QED) is 0.703. The van der Waals surface area contributed by atoms with E-state index in [1.165, 1.54) is 5.56 Å². The summed E-state index contributed by atoms with van der Waals surface area (Å²) in [5.74, 6) is 0.432. The van der Waals surface area contributed by atoms with Crippen molar-refractivity contribution in [1.82, 2.24) is 10.6 Å². The van der Waals surface area contributed by atoms with Gasteiger partial charge in [-0.3, -0.25) is 0 Å². The first-order valence-electron chi connectivity index (χ1n) is 6.97. The molecule has 2 amide bonds. The second-order valence-corrected chi connectivity index (χ2v) is 5.16. The lowest BCUT2D eigenvalue weighted by Gasteiger charge is -2.11. The number of aliphatic hydroxyl groups excluding tert-OH is 1. The molecule has 1 saturated carbocycles. The van der Waals surface area contributed by atoms with Crippen LogP contribution >= 0.6 is 0 Å². The molecule has 0 spiro atoms. The lowest BCUT2D eigenvalue weighted by atomic mass is 10.1. The minimum atomic E-state index is -0.529. The first-order valence-corrected chi connectivity index (χ1v) is 6.97. The molecule has 0 aromatic heterocycles. The number of rotatable bonds is 7. The predicted molar refractivity (Wildman–Crippen MR) is 76.6 cm³/mol. The molecule has 3 unspecified atom stereocenters. The zero-order valence-corrected chi connectivity index (χ0v) is 11.7. The Balaban J connectivity index is 1.62. The molecule has 5 heteroatoms. The zero-order chi connectivity index (χ0) is 14.4. The Hall–Kier alpha value is -1.59. The van der Waals surface area contributed by atoms with Crippen LogP contribution in [0.25, 0.3) is 0 Å². The molecule has 5 nitrogen and oxygen atoms in total. The average molecular weight is 278 g/mol. The molecule has 1 aliphatic carbocycles. The van der Waals surface area contributed by atoms with E-state index in [1.807, 2.05) is 18.2 Å². The number of ether oxygens (including phenoxy) is 1. The number of hydrogen-bond acceptors (Lipinski definition) is 3. The largest absolute Gasteiger partial charge is 0.391 e. The van der Waals surface area contributed by atoms with E-state index in [1.54, 1.807) is 7.11 Å². The van der Waals surface area contributed by atoms with Crippen molar-refractivity contribution in [1.29, 1.82) is 0 Å². The number of urea groups is 1. The lowest BCUT2D eigenvalue weighted by molar-refractivity contribution is 0.0598. The molecule has 0 saturated heterocycles. The van der Waals surface area contributed by atoms with Crippen molar-refractivity contribution >= 4 is 6.03 Å². The number of hydrogen-bond donors (Lipinski definition) is 3. The SMILES string of the molecule is COCC(O)CCNC(=O)NC1CC1c1ccccc1. The van der Waals surface area contributed by atoms with Crippen LogP contribution in [-0.4, -0.2) is 43.5 Å². The lowest BCUT2D eigenvalue weighted by Crippen LogP contribution is -2.38. The van der Waals surface area contributed by atoms with Crippen molar-refractivity contribution in [2.24, 2.45) is 0 Å². The fraction of sp³-hybridized carbons (Fsp3) is 0.533. The van der Waals surface area contributed by atoms with Gasteiger partial charge in [0.1, 0.15) is 0 Å². The second-order valence-electron chi connectivity index (χ2n) is 5.16. The molecule has 1 aromatic carbocycles. The number of carbonyl (C=O) groups is 1. The van der Waals surface area contributed by atoms with Crippen molar-refractivity contribution in [2.75, 3.05) is 20.3 Å². The Morgan fingerprint density at radius 3 is 2.90 bits per heavy atom. The van der Waals surface area contributed by atoms with Crippen LogP contribution < -0.4 is 10.6 Å². The van der Waals surface area contributed by atoms with Crippen molar-refractivity contribution in [3.63, 3.8) is 0 Å². The van der Waals surface area contributed by atoms with E-state index in [-0.39, 0.29) is 12.1 Å². The molecule has 0 heterocycles. The zero-order valence-electron chi connectivity index (χ0n) is 11.7. The van der Waals surface area contributed by atoms with E-state index in [4.69, 9.17) is 4.74 Å². The molecule has 3 N–H and O–H groups in total. The van der Waals surface area contributed by atoms with E-state index < -0.39 is 6.10 Å². The van der Waals surface area contributed by atoms with E-state index in [0.29, 0.717) is 25.5 Å². The summed E-state index contributed by atoms with van der Waals surface area (Å²) < 4.78 is 4.82. The molecular formula is C15H22N2O3. The maximum atomic E-state index is 11.7. The van der Waals surface area contributed by atoms with Crippen molar-refractivity contribution in [2.45, 2.75) is 30.9 Å². The first kappa shape index (κ1) is 14.8. The van der Waals surface area contributed by atoms with Gasteiger partial charge < -0.3 is 20.5 Å². The molecule has 110 valence electrons. The summed E-state index contributed by atoms with van der Waals surface area (Å²) >= 11 is 0. The minimum Gasteiger partial charge on any atom is -0.391 e. The molecule has 2 rings (SSSR count). The second kappa shape index (κ2) is 7.26. The van der Waals surface area contributed by atoms with Crippen LogP contribution in [0.5, 0.6) is 0 Å². The highest BCUT2D eigenvalue weighted by molar-refractivity contribution is 5.74. The Bertz CT molecular complexity index is 424. The number of aliphatic hydroxyl groups is 1. The fourth-order valence-corrected chi connectivity index (χ4v) is 2.27. The average Bonchev–Trinajstić information content (AvgIpc) is 3.19. The van der Waals surface area contributed by atoms with Gasteiger partial charge in [-0.25, -0.2) is 4.79 Å². The standard InChI is InChI=1S/C15H22N2O3/c1-20-10-12(18)7-8-16-15(19)17-14-9-13(14)11-5-3-2-4-6-11/h2-6,12-14,18H,7-10H2,1H3,(H2,16,17,19). The summed E-state index contributed by atoms with van der Waals surface area (Å²) in [7, 11) is 1.54. The highest BCUT2D eigenvalue weighted by Crippen LogP contribution is 2.40. The van der Waals surface area contributed by atoms with Crippen LogP contribution in [0.1, 0.15) is 24.3 Å². The topological polar surface area (TPSA) is 70.6 Å². The van der Waals surface area contributed by atoms with Gasteiger partial charge in [0.15, 0.2) is 0 Å². The molecule has 1 aromatic rings. The van der Waals surface area contributed by atoms with E-state index in [0.717, 1.165) is 6.42 Å². The molecule has 3 atom stereocenters. The van der Waals surface area contributed by atoms with Gasteiger partial charge in [-0.1, -0.05) is 30.3 Å². The smallest absolute Gasteiger partial charge is 0.315 e. The Labute approximate surface area is 119 Å². The molecule has 1 fully saturated rings. The number of benzene rings is 1. The van der Waals surface area contributed by atoms with Crippen molar-refractivity contribution in [3.05, 3.63) is 35.9 Å². The number of methoxy groups -OCH3 is 1. The number of nitrogens with one attached hydrogen (secondary N) is 2. The van der Waals surface area contributed by atoms with Gasteiger partial charge in [0, 0.05) is 25.6 Å². The fourth-order valence-electron chi connectivity index (χ4n) is 2.27. The molecular weight excluding hydrogens is 256 g/mol. The highest BCUT2D eigenvalue weighted by atomic mass is 16.5. The van der Waals surface area contributed by atoms with Gasteiger partial charge in [-0.2, -0.15) is 0 Å². The third-order valence-corrected chi connectivity index (χ3v) is 3.46. The van der Waals surface area contributed by atoms with Crippen molar-refractivity contribution < 1.29 is 14.6 Å². The maximum absolute atomic E-state index is 11.7. The van der Waals surface area contributed by atoms with Gasteiger partial charge in [-0.15, -0.1) is 0 Å². The van der Waals surface area contributed by atoms with Crippen LogP contribution in [0.4, 0.5) is 4.79 Å². The third kappa shape index (κ3) is 4.51. The van der Waals surface area contributed by atoms with Gasteiger partial charge >= 0.3 is 6.03 Å². The van der Waals surface area contributed by atoms with Gasteiger partial charge in [0.05, 0.1) is 12.7 Å². The maximum Gasteiger partial charge on any atom is 0.315 e. The Morgan fingerprint density at radius 2 is 2.20 bits per heavy atom. The first-order chi connectivity index (χ1) is 9.70. The van der Waals surface area contributed by atoms with E-state index in [2.05, 4.69) is 22.8 Å². The van der Waals surface area contributed by atoms with Crippen molar-refractivity contribution in [3.8, 4) is 0 Å². The van der Waals surface area contributed by atoms with Crippen LogP contribution in [0, 0.1) is 0 Å². The number of carbonyl (C=O) groups excluding carboxylic acids is 1. The summed E-state index contributed by atoms with van der Waals surface area (Å²) in [6.45, 7) is 0.737. The van der Waals surface area contributed by atoms with Gasteiger partial charge in [-0.05, 0) is 18.4 Å².